The molecule has 7 nitrogen and oxygen atoms in total. The third-order valence-electron chi connectivity index (χ3n) is 5.09. The molecule has 26 heavy (non-hydrogen) atoms. The monoisotopic (exact) mass is 357 g/mol. The van der Waals surface area contributed by atoms with Gasteiger partial charge in [0.15, 0.2) is 17.3 Å². The van der Waals surface area contributed by atoms with Crippen LogP contribution in [0.25, 0.3) is 0 Å². The van der Waals surface area contributed by atoms with Crippen molar-refractivity contribution >= 4 is 5.91 Å². The van der Waals surface area contributed by atoms with Crippen molar-refractivity contribution < 1.29 is 18.8 Å². The Morgan fingerprint density at radius 3 is 2.92 bits per heavy atom. The van der Waals surface area contributed by atoms with Gasteiger partial charge in [0, 0.05) is 19.4 Å². The molecule has 1 aromatic heterocycles. The molecule has 0 radical (unpaired) electrons. The van der Waals surface area contributed by atoms with Crippen LogP contribution in [0.15, 0.2) is 22.7 Å². The number of rotatable bonds is 5. The van der Waals surface area contributed by atoms with Crippen molar-refractivity contribution in [2.24, 2.45) is 5.41 Å². The predicted molar refractivity (Wildman–Crippen MR) is 92.7 cm³/mol. The van der Waals surface area contributed by atoms with Crippen molar-refractivity contribution in [3.63, 3.8) is 0 Å². The second-order valence-electron chi connectivity index (χ2n) is 7.38. The minimum absolute atomic E-state index is 0.00475. The largest absolute Gasteiger partial charge is 0.454 e. The van der Waals surface area contributed by atoms with E-state index < -0.39 is 0 Å². The number of hydrogen-bond acceptors (Lipinski definition) is 6. The second-order valence-corrected chi connectivity index (χ2v) is 7.38. The highest BCUT2D eigenvalue weighted by Crippen LogP contribution is 2.38. The smallest absolute Gasteiger partial charge is 0.246 e. The van der Waals surface area contributed by atoms with E-state index in [0.29, 0.717) is 31.2 Å². The summed E-state index contributed by atoms with van der Waals surface area (Å²) in [6.07, 6.45) is 2.99. The van der Waals surface area contributed by atoms with Crippen molar-refractivity contribution in [1.82, 2.24) is 15.0 Å². The number of carbonyl (C=O) groups is 1. The fourth-order valence-electron chi connectivity index (χ4n) is 3.69. The molecule has 2 aliphatic heterocycles. The van der Waals surface area contributed by atoms with E-state index in [1.165, 1.54) is 5.56 Å². The first-order chi connectivity index (χ1) is 12.5. The summed E-state index contributed by atoms with van der Waals surface area (Å²) < 4.78 is 16.1. The summed E-state index contributed by atoms with van der Waals surface area (Å²) in [7, 11) is 0. The van der Waals surface area contributed by atoms with Crippen LogP contribution < -0.4 is 9.47 Å². The van der Waals surface area contributed by atoms with Crippen LogP contribution in [0.2, 0.25) is 0 Å². The van der Waals surface area contributed by atoms with E-state index in [2.05, 4.69) is 23.1 Å². The highest BCUT2D eigenvalue weighted by molar-refractivity contribution is 5.77. The van der Waals surface area contributed by atoms with Gasteiger partial charge in [0.1, 0.15) is 0 Å². The van der Waals surface area contributed by atoms with E-state index in [4.69, 9.17) is 14.0 Å². The number of ether oxygens (including phenoxy) is 2. The molecule has 1 aromatic carbocycles. The maximum Gasteiger partial charge on any atom is 0.246 e. The molecule has 2 aliphatic rings. The molecule has 1 unspecified atom stereocenters. The van der Waals surface area contributed by atoms with Gasteiger partial charge in [-0.05, 0) is 36.0 Å². The van der Waals surface area contributed by atoms with Gasteiger partial charge in [0.2, 0.25) is 18.6 Å². The van der Waals surface area contributed by atoms with E-state index in [-0.39, 0.29) is 18.1 Å². The highest BCUT2D eigenvalue weighted by atomic mass is 16.7. The van der Waals surface area contributed by atoms with E-state index in [1.807, 2.05) is 24.0 Å². The van der Waals surface area contributed by atoms with Crippen molar-refractivity contribution in [3.8, 4) is 11.5 Å². The average molecular weight is 357 g/mol. The number of nitrogens with zero attached hydrogens (tertiary/aromatic N) is 3. The van der Waals surface area contributed by atoms with Gasteiger partial charge in [-0.15, -0.1) is 0 Å². The standard InChI is InChI=1S/C19H23N3O4/c1-3-16-20-17(26-21-16)10-22-11-19(2,7-6-18(22)23)9-13-4-5-14-15(8-13)25-12-24-14/h4-5,8H,3,6-7,9-12H2,1-2H3. The molecule has 1 amide bonds. The number of amides is 1. The lowest BCUT2D eigenvalue weighted by Gasteiger charge is -2.40. The minimum Gasteiger partial charge on any atom is -0.454 e. The van der Waals surface area contributed by atoms with Gasteiger partial charge in [0.05, 0.1) is 6.54 Å². The Morgan fingerprint density at radius 1 is 1.27 bits per heavy atom. The van der Waals surface area contributed by atoms with Gasteiger partial charge >= 0.3 is 0 Å². The van der Waals surface area contributed by atoms with Crippen LogP contribution in [0.3, 0.4) is 0 Å². The zero-order valence-electron chi connectivity index (χ0n) is 15.2. The van der Waals surface area contributed by atoms with Gasteiger partial charge in [-0.25, -0.2) is 0 Å². The summed E-state index contributed by atoms with van der Waals surface area (Å²) in [5, 5.41) is 3.91. The first-order valence-electron chi connectivity index (χ1n) is 9.02. The molecule has 4 rings (SSSR count). The minimum atomic E-state index is -0.00475. The zero-order valence-corrected chi connectivity index (χ0v) is 15.2. The Balaban J connectivity index is 1.46. The molecule has 0 N–H and O–H groups in total. The van der Waals surface area contributed by atoms with Crippen molar-refractivity contribution in [1.29, 1.82) is 0 Å². The fraction of sp³-hybridized carbons (Fsp3) is 0.526. The number of fused-ring (bicyclic) bond motifs is 1. The lowest BCUT2D eigenvalue weighted by molar-refractivity contribution is -0.138. The Morgan fingerprint density at radius 2 is 2.12 bits per heavy atom. The quantitative estimate of drug-likeness (QED) is 0.819. The molecule has 0 spiro atoms. The summed E-state index contributed by atoms with van der Waals surface area (Å²) in [6.45, 7) is 5.53. The van der Waals surface area contributed by atoms with Crippen LogP contribution in [0.1, 0.15) is 44.0 Å². The van der Waals surface area contributed by atoms with Crippen molar-refractivity contribution in [2.75, 3.05) is 13.3 Å². The third-order valence-corrected chi connectivity index (χ3v) is 5.09. The van der Waals surface area contributed by atoms with Crippen molar-refractivity contribution in [3.05, 3.63) is 35.5 Å². The third kappa shape index (κ3) is 3.38. The van der Waals surface area contributed by atoms with Crippen LogP contribution in [-0.2, 0) is 24.2 Å². The predicted octanol–water partition coefficient (Wildman–Crippen LogP) is 2.73. The number of benzene rings is 1. The van der Waals surface area contributed by atoms with Crippen LogP contribution >= 0.6 is 0 Å². The normalized spacial score (nSPS) is 22.1. The highest BCUT2D eigenvalue weighted by Gasteiger charge is 2.36. The molecule has 0 saturated carbocycles. The molecular weight excluding hydrogens is 334 g/mol. The first kappa shape index (κ1) is 16.9. The molecule has 1 atom stereocenters. The van der Waals surface area contributed by atoms with Gasteiger partial charge in [-0.2, -0.15) is 4.98 Å². The maximum absolute atomic E-state index is 12.4. The van der Waals surface area contributed by atoms with Gasteiger partial charge < -0.3 is 18.9 Å². The lowest BCUT2D eigenvalue weighted by atomic mass is 9.76. The maximum atomic E-state index is 12.4. The molecule has 7 heteroatoms. The molecule has 1 fully saturated rings. The Labute approximate surface area is 152 Å². The summed E-state index contributed by atoms with van der Waals surface area (Å²) in [4.78, 5) is 18.5. The van der Waals surface area contributed by atoms with Crippen LogP contribution in [0, 0.1) is 5.41 Å². The van der Waals surface area contributed by atoms with Crippen molar-refractivity contribution in [2.45, 2.75) is 46.1 Å². The van der Waals surface area contributed by atoms with Crippen LogP contribution in [-0.4, -0.2) is 34.3 Å². The molecule has 1 saturated heterocycles. The van der Waals surface area contributed by atoms with Gasteiger partial charge in [0.25, 0.3) is 0 Å². The first-order valence-corrected chi connectivity index (χ1v) is 9.02. The summed E-state index contributed by atoms with van der Waals surface area (Å²) in [6, 6.07) is 6.07. The van der Waals surface area contributed by atoms with E-state index in [1.54, 1.807) is 0 Å². The van der Waals surface area contributed by atoms with E-state index >= 15 is 0 Å². The molecule has 2 aromatic rings. The molecule has 0 bridgehead atoms. The van der Waals surface area contributed by atoms with Crippen LogP contribution in [0.5, 0.6) is 11.5 Å². The number of aryl methyl sites for hydroxylation is 1. The van der Waals surface area contributed by atoms with E-state index in [9.17, 15) is 4.79 Å². The number of piperidine rings is 1. The Hall–Kier alpha value is -2.57. The van der Waals surface area contributed by atoms with Crippen LogP contribution in [0.4, 0.5) is 0 Å². The summed E-state index contributed by atoms with van der Waals surface area (Å²) in [5.41, 5.74) is 1.19. The summed E-state index contributed by atoms with van der Waals surface area (Å²) in [5.74, 6) is 2.91. The molecule has 3 heterocycles. The Bertz CT molecular complexity index is 819. The number of carbonyl (C=O) groups excluding carboxylic acids is 1. The fourth-order valence-corrected chi connectivity index (χ4v) is 3.69. The number of hydrogen-bond donors (Lipinski definition) is 0. The molecule has 0 aliphatic carbocycles. The lowest BCUT2D eigenvalue weighted by Crippen LogP contribution is -2.45. The average Bonchev–Trinajstić information content (AvgIpc) is 3.27. The SMILES string of the molecule is CCc1noc(CN2CC(C)(Cc3ccc4c(c3)OCO4)CCC2=O)n1. The van der Waals surface area contributed by atoms with E-state index in [0.717, 1.165) is 30.8 Å². The second kappa shape index (κ2) is 6.63. The molecular formula is C19H23N3O4. The molecule has 138 valence electrons. The number of aromatic nitrogens is 2. The van der Waals surface area contributed by atoms with Gasteiger partial charge in [-0.1, -0.05) is 25.1 Å². The van der Waals surface area contributed by atoms with Gasteiger partial charge in [-0.3, -0.25) is 4.79 Å². The Kier molecular flexibility index (Phi) is 4.30. The topological polar surface area (TPSA) is 77.7 Å². The summed E-state index contributed by atoms with van der Waals surface area (Å²) >= 11 is 0. The zero-order chi connectivity index (χ0) is 18.1. The number of likely N-dealkylation sites (tertiary alicyclic amines) is 1.